The van der Waals surface area contributed by atoms with Crippen LogP contribution in [0.5, 0.6) is 0 Å². The molecule has 2 amide bonds. The number of rotatable bonds is 7. The van der Waals surface area contributed by atoms with Crippen LogP contribution in [0.3, 0.4) is 0 Å². The summed E-state index contributed by atoms with van der Waals surface area (Å²) in [6.07, 6.45) is 1.66. The molecule has 2 N–H and O–H groups in total. The molecule has 20 heavy (non-hydrogen) atoms. The summed E-state index contributed by atoms with van der Waals surface area (Å²) in [4.78, 5) is 18.0. The third-order valence-corrected chi connectivity index (χ3v) is 2.74. The number of amides is 2. The summed E-state index contributed by atoms with van der Waals surface area (Å²) in [6, 6.07) is 3.47. The highest BCUT2D eigenvalue weighted by Gasteiger charge is 2.16. The van der Waals surface area contributed by atoms with Crippen LogP contribution in [0.15, 0.2) is 18.3 Å². The topological polar surface area (TPSA) is 74.7 Å². The van der Waals surface area contributed by atoms with Crippen LogP contribution in [-0.4, -0.2) is 53.4 Å². The minimum absolute atomic E-state index is 0.00975. The van der Waals surface area contributed by atoms with E-state index in [0.29, 0.717) is 13.2 Å². The molecule has 0 bridgehead atoms. The molecule has 112 valence electrons. The van der Waals surface area contributed by atoms with Gasteiger partial charge in [-0.05, 0) is 32.9 Å². The number of carbonyl (C=O) groups is 1. The Kier molecular flexibility index (Phi) is 6.97. The van der Waals surface area contributed by atoms with Crippen molar-refractivity contribution < 1.29 is 14.6 Å². The fourth-order valence-corrected chi connectivity index (χ4v) is 1.74. The van der Waals surface area contributed by atoms with Gasteiger partial charge >= 0.3 is 6.03 Å². The molecule has 0 saturated heterocycles. The number of aliphatic hydroxyl groups excluding tert-OH is 1. The Morgan fingerprint density at radius 2 is 2.25 bits per heavy atom. The van der Waals surface area contributed by atoms with Crippen molar-refractivity contribution in [3.8, 4) is 0 Å². The SMILES string of the molecule is Cc1cc(NC(=O)N(CCOCCO)C(C)C)ccn1. The van der Waals surface area contributed by atoms with E-state index in [1.807, 2.05) is 26.8 Å². The maximum Gasteiger partial charge on any atom is 0.322 e. The average Bonchev–Trinajstić information content (AvgIpc) is 2.38. The standard InChI is InChI=1S/C14H23N3O3/c1-11(2)17(6-8-20-9-7-18)14(19)16-13-4-5-15-12(3)10-13/h4-5,10-11,18H,6-9H2,1-3H3,(H,15,16,19). The second-order valence-electron chi connectivity index (χ2n) is 4.74. The van der Waals surface area contributed by atoms with Crippen LogP contribution in [0.1, 0.15) is 19.5 Å². The van der Waals surface area contributed by atoms with Crippen LogP contribution < -0.4 is 5.32 Å². The highest BCUT2D eigenvalue weighted by molar-refractivity contribution is 5.89. The first-order valence-electron chi connectivity index (χ1n) is 6.73. The number of aryl methyl sites for hydroxylation is 1. The molecule has 0 fully saturated rings. The van der Waals surface area contributed by atoms with Crippen LogP contribution in [0.4, 0.5) is 10.5 Å². The van der Waals surface area contributed by atoms with Gasteiger partial charge in [0, 0.05) is 30.2 Å². The zero-order valence-electron chi connectivity index (χ0n) is 12.3. The summed E-state index contributed by atoms with van der Waals surface area (Å²) < 4.78 is 5.20. The van der Waals surface area contributed by atoms with E-state index in [0.717, 1.165) is 11.4 Å². The highest BCUT2D eigenvalue weighted by atomic mass is 16.5. The molecule has 0 unspecified atom stereocenters. The van der Waals surface area contributed by atoms with Crippen molar-refractivity contribution in [1.82, 2.24) is 9.88 Å². The lowest BCUT2D eigenvalue weighted by atomic mass is 10.3. The summed E-state index contributed by atoms with van der Waals surface area (Å²) in [5.41, 5.74) is 1.58. The fourth-order valence-electron chi connectivity index (χ4n) is 1.74. The van der Waals surface area contributed by atoms with Gasteiger partial charge in [0.2, 0.25) is 0 Å². The molecule has 0 aromatic carbocycles. The van der Waals surface area contributed by atoms with Gasteiger partial charge in [-0.1, -0.05) is 0 Å². The maximum absolute atomic E-state index is 12.2. The summed E-state index contributed by atoms with van der Waals surface area (Å²) in [5, 5.41) is 11.5. The maximum atomic E-state index is 12.2. The van der Waals surface area contributed by atoms with Crippen LogP contribution in [-0.2, 0) is 4.74 Å². The van der Waals surface area contributed by atoms with Crippen molar-refractivity contribution in [2.75, 3.05) is 31.7 Å². The summed E-state index contributed by atoms with van der Waals surface area (Å²) in [7, 11) is 0. The molecule has 1 aromatic rings. The summed E-state index contributed by atoms with van der Waals surface area (Å²) in [5.74, 6) is 0. The first-order valence-corrected chi connectivity index (χ1v) is 6.73. The number of ether oxygens (including phenoxy) is 1. The molecule has 6 nitrogen and oxygen atoms in total. The molecular weight excluding hydrogens is 258 g/mol. The van der Waals surface area contributed by atoms with E-state index in [1.165, 1.54) is 0 Å². The highest BCUT2D eigenvalue weighted by Crippen LogP contribution is 2.09. The van der Waals surface area contributed by atoms with E-state index in [-0.39, 0.29) is 25.3 Å². The lowest BCUT2D eigenvalue weighted by Crippen LogP contribution is -2.42. The van der Waals surface area contributed by atoms with E-state index in [2.05, 4.69) is 10.3 Å². The number of urea groups is 1. The molecule has 0 saturated carbocycles. The normalized spacial score (nSPS) is 10.7. The predicted molar refractivity (Wildman–Crippen MR) is 77.7 cm³/mol. The number of hydrogen-bond donors (Lipinski definition) is 2. The minimum Gasteiger partial charge on any atom is -0.394 e. The quantitative estimate of drug-likeness (QED) is 0.745. The monoisotopic (exact) mass is 281 g/mol. The Bertz CT molecular complexity index is 424. The van der Waals surface area contributed by atoms with Gasteiger partial charge in [0.15, 0.2) is 0 Å². The van der Waals surface area contributed by atoms with E-state index in [9.17, 15) is 4.79 Å². The van der Waals surface area contributed by atoms with Gasteiger partial charge in [0.05, 0.1) is 19.8 Å². The molecular formula is C14H23N3O3. The number of aliphatic hydroxyl groups is 1. The van der Waals surface area contributed by atoms with Gasteiger partial charge < -0.3 is 20.1 Å². The van der Waals surface area contributed by atoms with E-state index < -0.39 is 0 Å². The number of aromatic nitrogens is 1. The van der Waals surface area contributed by atoms with Crippen LogP contribution >= 0.6 is 0 Å². The van der Waals surface area contributed by atoms with Gasteiger partial charge in [-0.3, -0.25) is 4.98 Å². The average molecular weight is 281 g/mol. The third kappa shape index (κ3) is 5.54. The molecule has 1 heterocycles. The first kappa shape index (κ1) is 16.4. The van der Waals surface area contributed by atoms with Crippen molar-refractivity contribution in [3.63, 3.8) is 0 Å². The van der Waals surface area contributed by atoms with Gasteiger partial charge in [-0.2, -0.15) is 0 Å². The summed E-state index contributed by atoms with van der Waals surface area (Å²) >= 11 is 0. The number of anilines is 1. The molecule has 6 heteroatoms. The fraction of sp³-hybridized carbons (Fsp3) is 0.571. The van der Waals surface area contributed by atoms with Crippen molar-refractivity contribution >= 4 is 11.7 Å². The number of nitrogens with one attached hydrogen (secondary N) is 1. The Balaban J connectivity index is 2.55. The molecule has 0 aliphatic carbocycles. The van der Waals surface area contributed by atoms with E-state index in [1.54, 1.807) is 17.2 Å². The van der Waals surface area contributed by atoms with Crippen LogP contribution in [0, 0.1) is 6.92 Å². The number of pyridine rings is 1. The summed E-state index contributed by atoms with van der Waals surface area (Å²) in [6.45, 7) is 6.93. The molecule has 0 atom stereocenters. The number of hydrogen-bond acceptors (Lipinski definition) is 4. The largest absolute Gasteiger partial charge is 0.394 e. The molecule has 0 aliphatic rings. The Labute approximate surface area is 119 Å². The number of nitrogens with zero attached hydrogens (tertiary/aromatic N) is 2. The first-order chi connectivity index (χ1) is 9.54. The molecule has 1 aromatic heterocycles. The van der Waals surface area contributed by atoms with Crippen molar-refractivity contribution in [1.29, 1.82) is 0 Å². The molecule has 1 rings (SSSR count). The zero-order chi connectivity index (χ0) is 15.0. The molecule has 0 radical (unpaired) electrons. The van der Waals surface area contributed by atoms with E-state index >= 15 is 0 Å². The second-order valence-corrected chi connectivity index (χ2v) is 4.74. The van der Waals surface area contributed by atoms with Gasteiger partial charge in [0.25, 0.3) is 0 Å². The van der Waals surface area contributed by atoms with Gasteiger partial charge in [-0.15, -0.1) is 0 Å². The van der Waals surface area contributed by atoms with Gasteiger partial charge in [-0.25, -0.2) is 4.79 Å². The number of carbonyl (C=O) groups excluding carboxylic acids is 1. The van der Waals surface area contributed by atoms with Crippen molar-refractivity contribution in [2.24, 2.45) is 0 Å². The van der Waals surface area contributed by atoms with Crippen molar-refractivity contribution in [3.05, 3.63) is 24.0 Å². The smallest absolute Gasteiger partial charge is 0.322 e. The second kappa shape index (κ2) is 8.50. The zero-order valence-corrected chi connectivity index (χ0v) is 12.3. The molecule has 0 aliphatic heterocycles. The lowest BCUT2D eigenvalue weighted by Gasteiger charge is -2.26. The lowest BCUT2D eigenvalue weighted by molar-refractivity contribution is 0.0757. The Hall–Kier alpha value is -1.66. The van der Waals surface area contributed by atoms with Crippen LogP contribution in [0.25, 0.3) is 0 Å². The van der Waals surface area contributed by atoms with Crippen molar-refractivity contribution in [2.45, 2.75) is 26.8 Å². The Morgan fingerprint density at radius 1 is 1.50 bits per heavy atom. The third-order valence-electron chi connectivity index (χ3n) is 2.74. The van der Waals surface area contributed by atoms with Gasteiger partial charge in [0.1, 0.15) is 0 Å². The van der Waals surface area contributed by atoms with E-state index in [4.69, 9.17) is 9.84 Å². The Morgan fingerprint density at radius 3 is 2.85 bits per heavy atom. The molecule has 0 spiro atoms. The predicted octanol–water partition coefficient (Wildman–Crippen LogP) is 1.64. The van der Waals surface area contributed by atoms with Crippen LogP contribution in [0.2, 0.25) is 0 Å². The minimum atomic E-state index is -0.168.